The summed E-state index contributed by atoms with van der Waals surface area (Å²) in [5.41, 5.74) is 3.05. The largest absolute Gasteiger partial charge is 0.497 e. The number of H-pyrrole nitrogens is 1. The molecule has 1 atom stereocenters. The number of ether oxygens (including phenoxy) is 2. The highest BCUT2D eigenvalue weighted by atomic mass is 16.5. The minimum atomic E-state index is -0.166. The number of aromatic amines is 1. The van der Waals surface area contributed by atoms with Crippen LogP contribution in [0.25, 0.3) is 11.0 Å². The maximum absolute atomic E-state index is 12.4. The molecule has 1 fully saturated rings. The molecule has 1 amide bonds. The molecule has 0 saturated carbocycles. The monoisotopic (exact) mass is 337 g/mol. The fourth-order valence-corrected chi connectivity index (χ4v) is 3.00. The number of benzene rings is 2. The van der Waals surface area contributed by atoms with Crippen molar-refractivity contribution < 1.29 is 14.3 Å². The Hall–Kier alpha value is -2.86. The van der Waals surface area contributed by atoms with Crippen LogP contribution in [-0.2, 0) is 4.74 Å². The van der Waals surface area contributed by atoms with Crippen molar-refractivity contribution in [1.29, 1.82) is 0 Å². The molecule has 0 spiro atoms. The Morgan fingerprint density at radius 3 is 2.84 bits per heavy atom. The van der Waals surface area contributed by atoms with Gasteiger partial charge < -0.3 is 19.8 Å². The van der Waals surface area contributed by atoms with Crippen molar-refractivity contribution in [2.24, 2.45) is 0 Å². The second-order valence-electron chi connectivity index (χ2n) is 6.04. The topological polar surface area (TPSA) is 76.2 Å². The lowest BCUT2D eigenvalue weighted by Crippen LogP contribution is -2.11. The molecule has 4 rings (SSSR count). The van der Waals surface area contributed by atoms with Crippen molar-refractivity contribution >= 4 is 22.6 Å². The van der Waals surface area contributed by atoms with Crippen molar-refractivity contribution in [3.05, 3.63) is 53.9 Å². The Balaban J connectivity index is 1.53. The maximum atomic E-state index is 12.4. The molecule has 128 valence electrons. The van der Waals surface area contributed by atoms with Gasteiger partial charge in [0.15, 0.2) is 0 Å². The Morgan fingerprint density at radius 1 is 1.28 bits per heavy atom. The molecule has 0 radical (unpaired) electrons. The average Bonchev–Trinajstić information content (AvgIpc) is 3.30. The van der Waals surface area contributed by atoms with Gasteiger partial charge in [0.25, 0.3) is 5.91 Å². The number of amides is 1. The lowest BCUT2D eigenvalue weighted by Gasteiger charge is -2.06. The standard InChI is InChI=1S/C19H19N3O3/c1-24-14-7-4-12(5-8-14)19(23)20-13-6-9-15-16(11-13)22-18(21-15)17-3-2-10-25-17/h4-9,11,17H,2-3,10H2,1H3,(H,20,23)(H,21,22)/t17-/m1/s1. The zero-order chi connectivity index (χ0) is 17.2. The minimum absolute atomic E-state index is 0.0461. The number of carbonyl (C=O) groups is 1. The molecule has 1 aliphatic rings. The van der Waals surface area contributed by atoms with Gasteiger partial charge in [-0.1, -0.05) is 0 Å². The quantitative estimate of drug-likeness (QED) is 0.761. The van der Waals surface area contributed by atoms with Crippen LogP contribution in [0.2, 0.25) is 0 Å². The van der Waals surface area contributed by atoms with Gasteiger partial charge in [-0.05, 0) is 55.3 Å². The van der Waals surface area contributed by atoms with Crippen LogP contribution < -0.4 is 10.1 Å². The van der Waals surface area contributed by atoms with E-state index in [0.29, 0.717) is 5.56 Å². The van der Waals surface area contributed by atoms with Crippen molar-refractivity contribution in [2.45, 2.75) is 18.9 Å². The van der Waals surface area contributed by atoms with E-state index in [-0.39, 0.29) is 12.0 Å². The van der Waals surface area contributed by atoms with E-state index in [4.69, 9.17) is 9.47 Å². The number of nitrogens with zero attached hydrogens (tertiary/aromatic N) is 1. The van der Waals surface area contributed by atoms with Gasteiger partial charge >= 0.3 is 0 Å². The maximum Gasteiger partial charge on any atom is 0.255 e. The van der Waals surface area contributed by atoms with Crippen molar-refractivity contribution in [3.63, 3.8) is 0 Å². The summed E-state index contributed by atoms with van der Waals surface area (Å²) in [5, 5.41) is 2.91. The van der Waals surface area contributed by atoms with Gasteiger partial charge in [0, 0.05) is 17.9 Å². The number of methoxy groups -OCH3 is 1. The van der Waals surface area contributed by atoms with Crippen LogP contribution >= 0.6 is 0 Å². The number of nitrogens with one attached hydrogen (secondary N) is 2. The van der Waals surface area contributed by atoms with Crippen molar-refractivity contribution in [1.82, 2.24) is 9.97 Å². The number of rotatable bonds is 4. The van der Waals surface area contributed by atoms with Gasteiger partial charge in [0.05, 0.1) is 18.1 Å². The molecular formula is C19H19N3O3. The third-order valence-corrected chi connectivity index (χ3v) is 4.34. The predicted octanol–water partition coefficient (Wildman–Crippen LogP) is 3.68. The Kier molecular flexibility index (Phi) is 4.11. The van der Waals surface area contributed by atoms with Crippen LogP contribution in [0.4, 0.5) is 5.69 Å². The first-order valence-electron chi connectivity index (χ1n) is 8.29. The highest BCUT2D eigenvalue weighted by Crippen LogP contribution is 2.28. The number of hydrogen-bond acceptors (Lipinski definition) is 4. The Morgan fingerprint density at radius 2 is 2.12 bits per heavy atom. The molecular weight excluding hydrogens is 318 g/mol. The summed E-state index contributed by atoms with van der Waals surface area (Å²) in [6, 6.07) is 12.6. The van der Waals surface area contributed by atoms with Gasteiger partial charge in [-0.15, -0.1) is 0 Å². The summed E-state index contributed by atoms with van der Waals surface area (Å²) in [7, 11) is 1.60. The third kappa shape index (κ3) is 3.21. The highest BCUT2D eigenvalue weighted by molar-refractivity contribution is 6.05. The van der Waals surface area contributed by atoms with Crippen molar-refractivity contribution in [3.8, 4) is 5.75 Å². The predicted molar refractivity (Wildman–Crippen MR) is 95.0 cm³/mol. The van der Waals surface area contributed by atoms with E-state index in [1.807, 2.05) is 18.2 Å². The molecule has 1 aromatic heterocycles. The molecule has 1 saturated heterocycles. The van der Waals surface area contributed by atoms with E-state index in [0.717, 1.165) is 47.7 Å². The Bertz CT molecular complexity index is 896. The van der Waals surface area contributed by atoms with E-state index in [1.165, 1.54) is 0 Å². The van der Waals surface area contributed by atoms with Gasteiger partial charge in [-0.2, -0.15) is 0 Å². The Labute approximate surface area is 145 Å². The van der Waals surface area contributed by atoms with Crippen LogP contribution in [0.5, 0.6) is 5.75 Å². The second kappa shape index (κ2) is 6.57. The molecule has 2 heterocycles. The van der Waals surface area contributed by atoms with Crippen LogP contribution in [0.15, 0.2) is 42.5 Å². The lowest BCUT2D eigenvalue weighted by molar-refractivity contribution is 0.102. The first-order chi connectivity index (χ1) is 12.2. The molecule has 6 heteroatoms. The summed E-state index contributed by atoms with van der Waals surface area (Å²) in [6.45, 7) is 0.783. The van der Waals surface area contributed by atoms with Gasteiger partial charge in [-0.3, -0.25) is 4.79 Å². The van der Waals surface area contributed by atoms with E-state index >= 15 is 0 Å². The number of carbonyl (C=O) groups excluding carboxylic acids is 1. The molecule has 3 aromatic rings. The fourth-order valence-electron chi connectivity index (χ4n) is 3.00. The summed E-state index contributed by atoms with van der Waals surface area (Å²) >= 11 is 0. The first kappa shape index (κ1) is 15.7. The van der Waals surface area contributed by atoms with E-state index < -0.39 is 0 Å². The average molecular weight is 337 g/mol. The van der Waals surface area contributed by atoms with Crippen LogP contribution in [0, 0.1) is 0 Å². The summed E-state index contributed by atoms with van der Waals surface area (Å²) < 4.78 is 10.8. The second-order valence-corrected chi connectivity index (χ2v) is 6.04. The van der Waals surface area contributed by atoms with Gasteiger partial charge in [-0.25, -0.2) is 4.98 Å². The number of anilines is 1. The fraction of sp³-hybridized carbons (Fsp3) is 0.263. The number of hydrogen-bond donors (Lipinski definition) is 2. The molecule has 0 bridgehead atoms. The normalized spacial score (nSPS) is 16.9. The van der Waals surface area contributed by atoms with Crippen LogP contribution in [0.1, 0.15) is 35.1 Å². The number of aromatic nitrogens is 2. The highest BCUT2D eigenvalue weighted by Gasteiger charge is 2.21. The molecule has 2 aromatic carbocycles. The van der Waals surface area contributed by atoms with Gasteiger partial charge in [0.2, 0.25) is 0 Å². The first-order valence-corrected chi connectivity index (χ1v) is 8.29. The molecule has 0 aliphatic carbocycles. The molecule has 2 N–H and O–H groups in total. The zero-order valence-electron chi connectivity index (χ0n) is 13.9. The van der Waals surface area contributed by atoms with Crippen LogP contribution in [-0.4, -0.2) is 29.6 Å². The number of fused-ring (bicyclic) bond motifs is 1. The smallest absolute Gasteiger partial charge is 0.255 e. The molecule has 25 heavy (non-hydrogen) atoms. The van der Waals surface area contributed by atoms with E-state index in [9.17, 15) is 4.79 Å². The SMILES string of the molecule is COc1ccc(C(=O)Nc2ccc3nc([C@H]4CCCO4)[nH]c3c2)cc1. The zero-order valence-corrected chi connectivity index (χ0v) is 13.9. The lowest BCUT2D eigenvalue weighted by atomic mass is 10.2. The molecule has 6 nitrogen and oxygen atoms in total. The van der Waals surface area contributed by atoms with Crippen molar-refractivity contribution in [2.75, 3.05) is 19.0 Å². The van der Waals surface area contributed by atoms with E-state index in [1.54, 1.807) is 31.4 Å². The van der Waals surface area contributed by atoms with E-state index in [2.05, 4.69) is 15.3 Å². The summed E-state index contributed by atoms with van der Waals surface area (Å²) in [6.07, 6.45) is 2.09. The molecule has 0 unspecified atom stereocenters. The summed E-state index contributed by atoms with van der Waals surface area (Å²) in [5.74, 6) is 1.41. The van der Waals surface area contributed by atoms with Gasteiger partial charge in [0.1, 0.15) is 17.7 Å². The molecule has 1 aliphatic heterocycles. The van der Waals surface area contributed by atoms with Crippen LogP contribution in [0.3, 0.4) is 0 Å². The minimum Gasteiger partial charge on any atom is -0.497 e. The third-order valence-electron chi connectivity index (χ3n) is 4.34. The summed E-state index contributed by atoms with van der Waals surface area (Å²) in [4.78, 5) is 20.3. The number of imidazole rings is 1.